The Bertz CT molecular complexity index is 518. The zero-order chi connectivity index (χ0) is 16.5. The van der Waals surface area contributed by atoms with Crippen molar-refractivity contribution in [3.8, 4) is 0 Å². The molecule has 1 aliphatic heterocycles. The molecule has 0 aliphatic carbocycles. The van der Waals surface area contributed by atoms with Crippen molar-refractivity contribution in [3.63, 3.8) is 0 Å². The van der Waals surface area contributed by atoms with Crippen molar-refractivity contribution in [1.29, 1.82) is 0 Å². The third kappa shape index (κ3) is 3.24. The van der Waals surface area contributed by atoms with Gasteiger partial charge in [0.25, 0.3) is 5.91 Å². The summed E-state index contributed by atoms with van der Waals surface area (Å²) in [6, 6.07) is 7.24. The van der Waals surface area contributed by atoms with Gasteiger partial charge in [-0.3, -0.25) is 9.69 Å². The van der Waals surface area contributed by atoms with E-state index in [9.17, 15) is 22.4 Å². The topological polar surface area (TPSA) is 29.5 Å². The van der Waals surface area contributed by atoms with Crippen LogP contribution in [0.2, 0.25) is 0 Å². The monoisotopic (exact) mass is 319 g/mol. The van der Waals surface area contributed by atoms with Crippen LogP contribution in [0, 0.1) is 5.92 Å². The van der Waals surface area contributed by atoms with E-state index in [-0.39, 0.29) is 6.61 Å². The first-order valence-electron chi connectivity index (χ1n) is 6.93. The first-order valence-corrected chi connectivity index (χ1v) is 6.93. The molecule has 122 valence electrons. The van der Waals surface area contributed by atoms with Crippen LogP contribution in [0.5, 0.6) is 0 Å². The molecule has 1 saturated heterocycles. The van der Waals surface area contributed by atoms with Gasteiger partial charge >= 0.3 is 6.18 Å². The number of hydrogen-bond acceptors (Lipinski definition) is 2. The Morgan fingerprint density at radius 1 is 1.27 bits per heavy atom. The summed E-state index contributed by atoms with van der Waals surface area (Å²) in [5.74, 6) is -1.90. The quantitative estimate of drug-likeness (QED) is 0.799. The number of nitrogens with zero attached hydrogens (tertiary/aromatic N) is 1. The number of halogens is 4. The van der Waals surface area contributed by atoms with Gasteiger partial charge in [0.1, 0.15) is 0 Å². The molecule has 0 unspecified atom stereocenters. The Morgan fingerprint density at radius 3 is 2.36 bits per heavy atom. The second-order valence-electron chi connectivity index (χ2n) is 5.55. The maximum Gasteiger partial charge on any atom is 0.433 e. The molecule has 1 amide bonds. The summed E-state index contributed by atoms with van der Waals surface area (Å²) >= 11 is 0. The van der Waals surface area contributed by atoms with Gasteiger partial charge in [0.2, 0.25) is 6.23 Å². The molecule has 0 radical (unpaired) electrons. The summed E-state index contributed by atoms with van der Waals surface area (Å²) in [5, 5.41) is 0. The van der Waals surface area contributed by atoms with Crippen molar-refractivity contribution in [2.75, 3.05) is 6.61 Å². The predicted octanol–water partition coefficient (Wildman–Crippen LogP) is 3.47. The molecular formula is C15H17F4NO2. The smallest absolute Gasteiger partial charge is 0.347 e. The minimum Gasteiger partial charge on any atom is -0.347 e. The molecule has 7 heteroatoms. The van der Waals surface area contributed by atoms with Crippen LogP contribution in [0.4, 0.5) is 17.6 Å². The van der Waals surface area contributed by atoms with E-state index in [1.165, 1.54) is 13.8 Å². The van der Waals surface area contributed by atoms with E-state index in [1.54, 1.807) is 30.3 Å². The second-order valence-corrected chi connectivity index (χ2v) is 5.55. The summed E-state index contributed by atoms with van der Waals surface area (Å²) in [6.45, 7) is 2.57. The summed E-state index contributed by atoms with van der Waals surface area (Å²) in [4.78, 5) is 12.7. The lowest BCUT2D eigenvalue weighted by atomic mass is 10.0. The Morgan fingerprint density at radius 2 is 1.86 bits per heavy atom. The fourth-order valence-electron chi connectivity index (χ4n) is 2.39. The number of ether oxygens (including phenoxy) is 1. The molecule has 22 heavy (non-hydrogen) atoms. The Labute approximate surface area is 125 Å². The van der Waals surface area contributed by atoms with Gasteiger partial charge in [-0.15, -0.1) is 0 Å². The highest BCUT2D eigenvalue weighted by atomic mass is 19.4. The van der Waals surface area contributed by atoms with Gasteiger partial charge in [-0.05, 0) is 11.5 Å². The number of amides is 1. The minimum atomic E-state index is -4.77. The molecule has 3 atom stereocenters. The molecule has 1 aromatic carbocycles. The van der Waals surface area contributed by atoms with Crippen LogP contribution in [-0.4, -0.2) is 36.0 Å². The predicted molar refractivity (Wildman–Crippen MR) is 71.6 cm³/mol. The summed E-state index contributed by atoms with van der Waals surface area (Å²) in [7, 11) is 0. The maximum absolute atomic E-state index is 14.0. The molecular weight excluding hydrogens is 302 g/mol. The average molecular weight is 319 g/mol. The Hall–Kier alpha value is -1.63. The van der Waals surface area contributed by atoms with Crippen LogP contribution >= 0.6 is 0 Å². The van der Waals surface area contributed by atoms with Crippen molar-refractivity contribution in [2.24, 2.45) is 5.92 Å². The lowest BCUT2D eigenvalue weighted by molar-refractivity contribution is -0.241. The molecule has 0 saturated carbocycles. The van der Waals surface area contributed by atoms with Crippen molar-refractivity contribution in [3.05, 3.63) is 35.9 Å². The molecule has 3 nitrogen and oxygen atoms in total. The fourth-order valence-corrected chi connectivity index (χ4v) is 2.39. The van der Waals surface area contributed by atoms with E-state index in [4.69, 9.17) is 4.74 Å². The molecule has 2 rings (SSSR count). The fraction of sp³-hybridized carbons (Fsp3) is 0.533. The van der Waals surface area contributed by atoms with Gasteiger partial charge in [0.05, 0.1) is 12.6 Å². The van der Waals surface area contributed by atoms with E-state index < -0.39 is 36.4 Å². The number of alkyl halides is 4. The van der Waals surface area contributed by atoms with E-state index in [1.807, 2.05) is 0 Å². The summed E-state index contributed by atoms with van der Waals surface area (Å²) in [6.07, 6.45) is -9.18. The molecule has 1 aromatic rings. The Balaban J connectivity index is 2.36. The van der Waals surface area contributed by atoms with Gasteiger partial charge < -0.3 is 4.74 Å². The highest BCUT2D eigenvalue weighted by molar-refractivity contribution is 5.82. The lowest BCUT2D eigenvalue weighted by Gasteiger charge is -2.31. The number of rotatable bonds is 3. The molecule has 1 aliphatic rings. The molecule has 1 heterocycles. The summed E-state index contributed by atoms with van der Waals surface area (Å²) < 4.78 is 58.0. The van der Waals surface area contributed by atoms with Gasteiger partial charge in [0.15, 0.2) is 6.17 Å². The summed E-state index contributed by atoms with van der Waals surface area (Å²) in [5.41, 5.74) is 0.485. The SMILES string of the molecule is CC(C)[C@@H](F)C(=O)N1[C@H](C(F)(F)F)OC[C@H]1c1ccccc1. The van der Waals surface area contributed by atoms with Crippen molar-refractivity contribution in [1.82, 2.24) is 4.90 Å². The normalized spacial score (nSPS) is 23.9. The lowest BCUT2D eigenvalue weighted by Crippen LogP contribution is -2.50. The van der Waals surface area contributed by atoms with Crippen LogP contribution in [0.15, 0.2) is 30.3 Å². The molecule has 0 N–H and O–H groups in total. The standard InChI is InChI=1S/C15H17F4NO2/c1-9(2)12(16)13(21)20-11(10-6-4-3-5-7-10)8-22-14(20)15(17,18)19/h3-7,9,11-12,14H,8H2,1-2H3/t11-,12+,14-/m0/s1. The molecule has 0 aromatic heterocycles. The van der Waals surface area contributed by atoms with E-state index in [2.05, 4.69) is 0 Å². The van der Waals surface area contributed by atoms with Gasteiger partial charge in [-0.1, -0.05) is 44.2 Å². The number of carbonyl (C=O) groups is 1. The Kier molecular flexibility index (Phi) is 4.75. The van der Waals surface area contributed by atoms with Crippen LogP contribution in [0.1, 0.15) is 25.5 Å². The zero-order valence-electron chi connectivity index (χ0n) is 12.2. The first-order chi connectivity index (χ1) is 10.2. The highest BCUT2D eigenvalue weighted by Crippen LogP contribution is 2.39. The van der Waals surface area contributed by atoms with Crippen LogP contribution in [0.3, 0.4) is 0 Å². The van der Waals surface area contributed by atoms with E-state index in [0.29, 0.717) is 10.5 Å². The highest BCUT2D eigenvalue weighted by Gasteiger charge is 2.54. The van der Waals surface area contributed by atoms with Crippen molar-refractivity contribution < 1.29 is 27.1 Å². The third-order valence-electron chi connectivity index (χ3n) is 3.54. The molecule has 0 bridgehead atoms. The zero-order valence-corrected chi connectivity index (χ0v) is 12.2. The van der Waals surface area contributed by atoms with E-state index >= 15 is 0 Å². The number of carbonyl (C=O) groups excluding carboxylic acids is 1. The van der Waals surface area contributed by atoms with Crippen molar-refractivity contribution in [2.45, 2.75) is 38.5 Å². The maximum atomic E-state index is 14.0. The molecule has 0 spiro atoms. The minimum absolute atomic E-state index is 0.315. The van der Waals surface area contributed by atoms with Gasteiger partial charge in [-0.25, -0.2) is 4.39 Å². The van der Waals surface area contributed by atoms with Crippen LogP contribution < -0.4 is 0 Å². The average Bonchev–Trinajstić information content (AvgIpc) is 2.91. The largest absolute Gasteiger partial charge is 0.433 e. The van der Waals surface area contributed by atoms with E-state index in [0.717, 1.165) is 0 Å². The van der Waals surface area contributed by atoms with Gasteiger partial charge in [0, 0.05) is 0 Å². The van der Waals surface area contributed by atoms with Crippen LogP contribution in [0.25, 0.3) is 0 Å². The second kappa shape index (κ2) is 6.24. The molecule has 1 fully saturated rings. The van der Waals surface area contributed by atoms with Crippen molar-refractivity contribution >= 4 is 5.91 Å². The number of benzene rings is 1. The third-order valence-corrected chi connectivity index (χ3v) is 3.54. The first kappa shape index (κ1) is 16.7. The van der Waals surface area contributed by atoms with Gasteiger partial charge in [-0.2, -0.15) is 13.2 Å². The van der Waals surface area contributed by atoms with Crippen LogP contribution in [-0.2, 0) is 9.53 Å². The number of hydrogen-bond donors (Lipinski definition) is 0.